The van der Waals surface area contributed by atoms with Crippen molar-refractivity contribution in [2.75, 3.05) is 7.11 Å². The lowest BCUT2D eigenvalue weighted by Gasteiger charge is -1.67. The van der Waals surface area contributed by atoms with E-state index in [2.05, 4.69) is 17.0 Å². The Morgan fingerprint density at radius 3 is 2.14 bits per heavy atom. The number of rotatable bonds is 1. The van der Waals surface area contributed by atoms with Gasteiger partial charge in [0.2, 0.25) is 0 Å². The van der Waals surface area contributed by atoms with Crippen molar-refractivity contribution in [2.24, 2.45) is 0 Å². The van der Waals surface area contributed by atoms with Crippen LogP contribution in [0.5, 0.6) is 0 Å². The molecule has 0 saturated carbocycles. The van der Waals surface area contributed by atoms with Gasteiger partial charge >= 0.3 is 0 Å². The Kier molecular flexibility index (Phi) is 25.4. The molecule has 4 heteroatoms. The first-order valence-corrected chi connectivity index (χ1v) is 1.74. The molecule has 0 aliphatic carbocycles. The third kappa shape index (κ3) is 773. The molecule has 0 radical (unpaired) electrons. The molecule has 0 aromatic rings. The van der Waals surface area contributed by atoms with Gasteiger partial charge in [-0.25, -0.2) is 5.41 Å². The highest BCUT2D eigenvalue weighted by Crippen LogP contribution is 1.35. The van der Waals surface area contributed by atoms with E-state index in [9.17, 15) is 0 Å². The number of hydrogen-bond donors (Lipinski definition) is 1. The predicted octanol–water partition coefficient (Wildman–Crippen LogP) is 0.457. The van der Waals surface area contributed by atoms with Gasteiger partial charge in [-0.15, -0.1) is 0 Å². The molecule has 0 bridgehead atoms. The average molecular weight is 119 g/mol. The molecule has 0 spiro atoms. The highest BCUT2D eigenvalue weighted by Gasteiger charge is 1.44. The summed E-state index contributed by atoms with van der Waals surface area (Å²) in [6.45, 7) is 0.375. The van der Waals surface area contributed by atoms with Gasteiger partial charge < -0.3 is 4.74 Å². The summed E-state index contributed by atoms with van der Waals surface area (Å²) in [5, 5.41) is 7.36. The minimum atomic E-state index is 0.375. The van der Waals surface area contributed by atoms with E-state index in [4.69, 9.17) is 10.2 Å². The normalized spacial score (nSPS) is 4.14. The highest BCUT2D eigenvalue weighted by molar-refractivity contribution is 7.78. The van der Waals surface area contributed by atoms with Crippen LogP contribution >= 0.6 is 12.2 Å². The molecule has 0 amide bonds. The molecule has 0 fully saturated rings. The third-order valence-corrected chi connectivity index (χ3v) is 0.0962. The van der Waals surface area contributed by atoms with Crippen molar-refractivity contribution in [3.8, 4) is 0 Å². The summed E-state index contributed by atoms with van der Waals surface area (Å²) in [6, 6.07) is 0. The lowest BCUT2D eigenvalue weighted by Crippen LogP contribution is -1.68. The maximum absolute atomic E-state index is 8.95. The van der Waals surface area contributed by atoms with E-state index in [0.717, 1.165) is 0 Å². The number of nitrogens with one attached hydrogen (secondary N) is 1. The van der Waals surface area contributed by atoms with Crippen molar-refractivity contribution in [3.05, 3.63) is 0 Å². The van der Waals surface area contributed by atoms with Crippen molar-refractivity contribution in [1.82, 2.24) is 0 Å². The Hall–Kier alpha value is -0.730. The van der Waals surface area contributed by atoms with Gasteiger partial charge in [-0.2, -0.15) is 0 Å². The fourth-order valence-electron chi connectivity index (χ4n) is 0. The van der Waals surface area contributed by atoms with Crippen LogP contribution in [0, 0.1) is 5.41 Å². The Bertz CT molecular complexity index is 67.3. The molecule has 7 heavy (non-hydrogen) atoms. The van der Waals surface area contributed by atoms with Gasteiger partial charge in [0.05, 0.1) is 12.3 Å². The first-order chi connectivity index (χ1) is 3.33. The first-order valence-electron chi connectivity index (χ1n) is 1.33. The number of isothiocyanates is 1. The molecular formula is C3H5NO2S. The zero-order valence-corrected chi connectivity index (χ0v) is 4.62. The molecule has 0 aliphatic rings. The maximum atomic E-state index is 8.95. The highest BCUT2D eigenvalue weighted by atomic mass is 32.1. The van der Waals surface area contributed by atoms with Gasteiger partial charge in [0, 0.05) is 0 Å². The topological polar surface area (TPSA) is 50.2 Å². The fourth-order valence-corrected chi connectivity index (χ4v) is 0. The summed E-state index contributed by atoms with van der Waals surface area (Å²) in [4.78, 5) is 8.95. The predicted molar refractivity (Wildman–Crippen MR) is 28.4 cm³/mol. The number of carbonyl (C=O) groups excluding carboxylic acids is 1. The van der Waals surface area contributed by atoms with E-state index in [1.54, 1.807) is 5.16 Å². The molecule has 0 atom stereocenters. The summed E-state index contributed by atoms with van der Waals surface area (Å²) in [6.07, 6.45) is 0. The SMILES string of the molecule is COC=O.N=C=S. The van der Waals surface area contributed by atoms with Crippen LogP contribution in [0.4, 0.5) is 0 Å². The fraction of sp³-hybridized carbons (Fsp3) is 0.333. The molecule has 1 N–H and O–H groups in total. The number of methoxy groups -OCH3 is 1. The monoisotopic (exact) mass is 119 g/mol. The zero-order chi connectivity index (χ0) is 6.12. The first kappa shape index (κ1) is 9.55. The summed E-state index contributed by atoms with van der Waals surface area (Å²) in [5.74, 6) is 0. The second-order valence-corrected chi connectivity index (χ2v) is 0.638. The van der Waals surface area contributed by atoms with Crippen LogP contribution in [-0.4, -0.2) is 18.7 Å². The van der Waals surface area contributed by atoms with Crippen molar-refractivity contribution >= 4 is 23.9 Å². The largest absolute Gasteiger partial charge is 0.471 e. The van der Waals surface area contributed by atoms with Gasteiger partial charge in [0.25, 0.3) is 6.47 Å². The van der Waals surface area contributed by atoms with Crippen LogP contribution in [0.15, 0.2) is 0 Å². The van der Waals surface area contributed by atoms with Gasteiger partial charge in [-0.3, -0.25) is 4.79 Å². The van der Waals surface area contributed by atoms with Crippen LogP contribution in [-0.2, 0) is 9.53 Å². The molecule has 0 saturated heterocycles. The third-order valence-electron chi connectivity index (χ3n) is 0.0962. The minimum absolute atomic E-state index is 0.375. The van der Waals surface area contributed by atoms with Crippen molar-refractivity contribution in [2.45, 2.75) is 0 Å². The summed E-state index contributed by atoms with van der Waals surface area (Å²) in [7, 11) is 1.31. The zero-order valence-electron chi connectivity index (χ0n) is 3.80. The lowest BCUT2D eigenvalue weighted by atomic mass is 11.5. The molecule has 40 valence electrons. The summed E-state index contributed by atoms with van der Waals surface area (Å²) >= 11 is 3.81. The quantitative estimate of drug-likeness (QED) is 0.310. The Morgan fingerprint density at radius 1 is 2.00 bits per heavy atom. The van der Waals surface area contributed by atoms with E-state index >= 15 is 0 Å². The second kappa shape index (κ2) is 18.6. The van der Waals surface area contributed by atoms with Crippen molar-refractivity contribution < 1.29 is 9.53 Å². The van der Waals surface area contributed by atoms with E-state index in [1.165, 1.54) is 7.11 Å². The molecule has 3 nitrogen and oxygen atoms in total. The maximum Gasteiger partial charge on any atom is 0.292 e. The van der Waals surface area contributed by atoms with Gasteiger partial charge in [0.15, 0.2) is 0 Å². The summed E-state index contributed by atoms with van der Waals surface area (Å²) < 4.78 is 3.86. The van der Waals surface area contributed by atoms with E-state index in [1.807, 2.05) is 0 Å². The second-order valence-electron chi connectivity index (χ2n) is 0.434. The molecule has 0 aliphatic heterocycles. The molecule has 0 rings (SSSR count). The standard InChI is InChI=1S/C2H4O2.CHNS/c1-4-2-3;2-1-3/h2H,1H3;2H. The lowest BCUT2D eigenvalue weighted by molar-refractivity contribution is -0.126. The average Bonchev–Trinajstić information content (AvgIpc) is 1.69. The van der Waals surface area contributed by atoms with Crippen LogP contribution in [0.3, 0.4) is 0 Å². The van der Waals surface area contributed by atoms with Crippen LogP contribution in [0.1, 0.15) is 0 Å². The number of hydrogen-bond acceptors (Lipinski definition) is 4. The van der Waals surface area contributed by atoms with Crippen LogP contribution in [0.25, 0.3) is 0 Å². The van der Waals surface area contributed by atoms with E-state index in [0.29, 0.717) is 6.47 Å². The van der Waals surface area contributed by atoms with Crippen molar-refractivity contribution in [1.29, 1.82) is 5.41 Å². The van der Waals surface area contributed by atoms with E-state index in [-0.39, 0.29) is 0 Å². The Labute approximate surface area is 46.8 Å². The summed E-state index contributed by atoms with van der Waals surface area (Å²) in [5.41, 5.74) is 0. The Balaban J connectivity index is 0. The van der Waals surface area contributed by atoms with Crippen molar-refractivity contribution in [3.63, 3.8) is 0 Å². The molecule has 0 unspecified atom stereocenters. The van der Waals surface area contributed by atoms with Crippen LogP contribution in [0.2, 0.25) is 0 Å². The molecule has 0 aromatic carbocycles. The number of ether oxygens (including phenoxy) is 1. The molecule has 0 heterocycles. The molecule has 0 aromatic heterocycles. The van der Waals surface area contributed by atoms with Crippen LogP contribution < -0.4 is 0 Å². The van der Waals surface area contributed by atoms with Gasteiger partial charge in [-0.1, -0.05) is 0 Å². The van der Waals surface area contributed by atoms with Gasteiger partial charge in [0.1, 0.15) is 0 Å². The van der Waals surface area contributed by atoms with E-state index < -0.39 is 0 Å². The molecular weight excluding hydrogens is 114 g/mol. The smallest absolute Gasteiger partial charge is 0.292 e. The number of carbonyl (C=O) groups is 1. The number of thiocarbonyl (C=S) groups is 1. The Morgan fingerprint density at radius 2 is 2.14 bits per heavy atom. The minimum Gasteiger partial charge on any atom is -0.471 e. The van der Waals surface area contributed by atoms with Gasteiger partial charge in [-0.05, 0) is 12.2 Å².